The zero-order chi connectivity index (χ0) is 21.4. The molecule has 5 rings (SSSR count). The van der Waals surface area contributed by atoms with Crippen LogP contribution in [-0.2, 0) is 9.47 Å². The SMILES string of the molecule is OCCC#Cc1ccc(-c2nc3nc(OC4COC5C(O)COC45)[nH]c3cc2Cl)cc1. The predicted molar refractivity (Wildman–Crippen MR) is 113 cm³/mol. The van der Waals surface area contributed by atoms with Gasteiger partial charge < -0.3 is 29.4 Å². The van der Waals surface area contributed by atoms with E-state index in [4.69, 9.17) is 30.9 Å². The van der Waals surface area contributed by atoms with Crippen LogP contribution < -0.4 is 4.74 Å². The Morgan fingerprint density at radius 1 is 1.16 bits per heavy atom. The lowest BCUT2D eigenvalue weighted by Gasteiger charge is -2.15. The van der Waals surface area contributed by atoms with Gasteiger partial charge in [-0.25, -0.2) is 4.98 Å². The number of hydrogen-bond donors (Lipinski definition) is 3. The summed E-state index contributed by atoms with van der Waals surface area (Å²) in [5.41, 5.74) is 3.42. The fourth-order valence-corrected chi connectivity index (χ4v) is 4.03. The molecule has 2 aliphatic heterocycles. The summed E-state index contributed by atoms with van der Waals surface area (Å²) >= 11 is 6.47. The quantitative estimate of drug-likeness (QED) is 0.530. The van der Waals surface area contributed by atoms with Crippen LogP contribution in [0.5, 0.6) is 6.01 Å². The number of aliphatic hydroxyl groups is 2. The fourth-order valence-electron chi connectivity index (χ4n) is 3.77. The number of fused-ring (bicyclic) bond motifs is 2. The molecule has 31 heavy (non-hydrogen) atoms. The number of H-pyrrole nitrogens is 1. The fraction of sp³-hybridized carbons (Fsp3) is 0.364. The number of rotatable bonds is 4. The number of aromatic amines is 1. The van der Waals surface area contributed by atoms with Crippen LogP contribution >= 0.6 is 11.6 Å². The first-order chi connectivity index (χ1) is 15.1. The molecule has 3 N–H and O–H groups in total. The molecule has 2 aromatic heterocycles. The summed E-state index contributed by atoms with van der Waals surface area (Å²) in [6.45, 7) is 0.599. The average molecular weight is 442 g/mol. The molecule has 0 radical (unpaired) electrons. The number of halogens is 1. The first kappa shape index (κ1) is 20.2. The molecule has 9 heteroatoms. The van der Waals surface area contributed by atoms with Crippen molar-refractivity contribution in [1.29, 1.82) is 0 Å². The van der Waals surface area contributed by atoms with Crippen LogP contribution in [0.4, 0.5) is 0 Å². The molecular weight excluding hydrogens is 422 g/mol. The van der Waals surface area contributed by atoms with Crippen molar-refractivity contribution in [2.75, 3.05) is 19.8 Å². The zero-order valence-electron chi connectivity index (χ0n) is 16.4. The molecule has 160 valence electrons. The molecule has 2 fully saturated rings. The van der Waals surface area contributed by atoms with E-state index >= 15 is 0 Å². The third-order valence-electron chi connectivity index (χ3n) is 5.28. The lowest BCUT2D eigenvalue weighted by molar-refractivity contribution is 0.00706. The van der Waals surface area contributed by atoms with Gasteiger partial charge in [-0.3, -0.25) is 0 Å². The highest BCUT2D eigenvalue weighted by Crippen LogP contribution is 2.32. The Morgan fingerprint density at radius 2 is 1.97 bits per heavy atom. The van der Waals surface area contributed by atoms with Gasteiger partial charge in [-0.05, 0) is 18.2 Å². The molecule has 0 amide bonds. The molecule has 4 heterocycles. The maximum absolute atomic E-state index is 9.87. The van der Waals surface area contributed by atoms with Gasteiger partial charge in [0.05, 0.1) is 36.1 Å². The summed E-state index contributed by atoms with van der Waals surface area (Å²) in [6, 6.07) is 9.61. The molecule has 0 saturated carbocycles. The number of imidazole rings is 1. The molecule has 0 aliphatic carbocycles. The number of benzene rings is 1. The van der Waals surface area contributed by atoms with Crippen LogP contribution in [-0.4, -0.2) is 69.4 Å². The molecule has 4 atom stereocenters. The molecular formula is C22H20ClN3O5. The lowest BCUT2D eigenvalue weighted by atomic mass is 10.1. The number of nitrogens with one attached hydrogen (secondary N) is 1. The third-order valence-corrected chi connectivity index (χ3v) is 5.57. The number of ether oxygens (including phenoxy) is 3. The van der Waals surface area contributed by atoms with E-state index in [0.29, 0.717) is 40.9 Å². The van der Waals surface area contributed by atoms with E-state index < -0.39 is 6.10 Å². The summed E-state index contributed by atoms with van der Waals surface area (Å²) in [4.78, 5) is 12.1. The van der Waals surface area contributed by atoms with E-state index in [1.54, 1.807) is 6.07 Å². The Kier molecular flexibility index (Phi) is 5.52. The smallest absolute Gasteiger partial charge is 0.296 e. The molecule has 8 nitrogen and oxygen atoms in total. The topological polar surface area (TPSA) is 110 Å². The highest BCUT2D eigenvalue weighted by molar-refractivity contribution is 6.33. The van der Waals surface area contributed by atoms with Crippen LogP contribution in [0.3, 0.4) is 0 Å². The highest BCUT2D eigenvalue weighted by atomic mass is 35.5. The first-order valence-corrected chi connectivity index (χ1v) is 10.3. The second-order valence-corrected chi connectivity index (χ2v) is 7.81. The molecule has 2 aliphatic rings. The lowest BCUT2D eigenvalue weighted by Crippen LogP contribution is -2.34. The van der Waals surface area contributed by atoms with E-state index in [-0.39, 0.29) is 31.5 Å². The van der Waals surface area contributed by atoms with Crippen LogP contribution in [0.15, 0.2) is 30.3 Å². The van der Waals surface area contributed by atoms with Gasteiger partial charge in [0.2, 0.25) is 0 Å². The zero-order valence-corrected chi connectivity index (χ0v) is 17.2. The van der Waals surface area contributed by atoms with Crippen LogP contribution in [0.25, 0.3) is 22.4 Å². The molecule has 0 bridgehead atoms. The van der Waals surface area contributed by atoms with E-state index in [1.807, 2.05) is 24.3 Å². The molecule has 3 aromatic rings. The maximum atomic E-state index is 9.87. The highest BCUT2D eigenvalue weighted by Gasteiger charge is 2.48. The van der Waals surface area contributed by atoms with Crippen molar-refractivity contribution in [3.63, 3.8) is 0 Å². The van der Waals surface area contributed by atoms with Crippen molar-refractivity contribution in [1.82, 2.24) is 15.0 Å². The molecule has 1 aromatic carbocycles. The number of aliphatic hydroxyl groups excluding tert-OH is 2. The summed E-state index contributed by atoms with van der Waals surface area (Å²) in [7, 11) is 0. The minimum Gasteiger partial charge on any atom is -0.456 e. The largest absolute Gasteiger partial charge is 0.456 e. The molecule has 2 saturated heterocycles. The van der Waals surface area contributed by atoms with Crippen molar-refractivity contribution in [2.45, 2.75) is 30.8 Å². The Bertz CT molecular complexity index is 1150. The van der Waals surface area contributed by atoms with E-state index in [1.165, 1.54) is 0 Å². The van der Waals surface area contributed by atoms with Crippen LogP contribution in [0, 0.1) is 11.8 Å². The van der Waals surface area contributed by atoms with Crippen molar-refractivity contribution < 1.29 is 24.4 Å². The van der Waals surface area contributed by atoms with Gasteiger partial charge in [-0.1, -0.05) is 35.6 Å². The van der Waals surface area contributed by atoms with Crippen LogP contribution in [0.1, 0.15) is 12.0 Å². The molecule has 4 unspecified atom stereocenters. The van der Waals surface area contributed by atoms with Crippen molar-refractivity contribution >= 4 is 22.8 Å². The third kappa shape index (κ3) is 3.99. The summed E-state index contributed by atoms with van der Waals surface area (Å²) in [6.07, 6.45) is -1.25. The minimum atomic E-state index is -0.635. The van der Waals surface area contributed by atoms with Gasteiger partial charge >= 0.3 is 0 Å². The van der Waals surface area contributed by atoms with Gasteiger partial charge in [0.15, 0.2) is 11.8 Å². The second kappa shape index (κ2) is 8.46. The Morgan fingerprint density at radius 3 is 2.77 bits per heavy atom. The normalized spacial score (nSPS) is 24.7. The van der Waals surface area contributed by atoms with Crippen molar-refractivity contribution in [3.8, 4) is 29.1 Å². The van der Waals surface area contributed by atoms with Gasteiger partial charge in [-0.2, -0.15) is 4.98 Å². The van der Waals surface area contributed by atoms with E-state index in [9.17, 15) is 5.11 Å². The van der Waals surface area contributed by atoms with Gasteiger partial charge in [0.25, 0.3) is 6.01 Å². The number of nitrogens with zero attached hydrogens (tertiary/aromatic N) is 2. The number of aromatic nitrogens is 3. The Hall–Kier alpha value is -2.67. The predicted octanol–water partition coefficient (Wildman–Crippen LogP) is 1.92. The minimum absolute atomic E-state index is 0.0456. The summed E-state index contributed by atoms with van der Waals surface area (Å²) in [5.74, 6) is 5.88. The summed E-state index contributed by atoms with van der Waals surface area (Å²) in [5, 5.41) is 19.2. The average Bonchev–Trinajstić information content (AvgIpc) is 3.45. The Balaban J connectivity index is 1.37. The maximum Gasteiger partial charge on any atom is 0.296 e. The number of hydrogen-bond acceptors (Lipinski definition) is 7. The number of pyridine rings is 1. The summed E-state index contributed by atoms with van der Waals surface area (Å²) < 4.78 is 17.1. The van der Waals surface area contributed by atoms with Gasteiger partial charge in [0.1, 0.15) is 18.3 Å². The second-order valence-electron chi connectivity index (χ2n) is 7.40. The van der Waals surface area contributed by atoms with Crippen molar-refractivity contribution in [3.05, 3.63) is 40.9 Å². The van der Waals surface area contributed by atoms with E-state index in [0.717, 1.165) is 11.1 Å². The van der Waals surface area contributed by atoms with Crippen LogP contribution in [0.2, 0.25) is 5.02 Å². The Labute approximate surface area is 183 Å². The van der Waals surface area contributed by atoms with Crippen molar-refractivity contribution in [2.24, 2.45) is 0 Å². The van der Waals surface area contributed by atoms with E-state index in [2.05, 4.69) is 26.8 Å². The standard InChI is InChI=1S/C22H20ClN3O5/c23-14-9-15-21(25-18(14)13-6-4-12(5-7-13)3-1-2-8-27)26-22(24-15)31-17-11-30-19-16(28)10-29-20(17)19/h4-7,9,16-17,19-20,27-28H,2,8,10-11H2,(H,24,25,26). The molecule has 0 spiro atoms. The monoisotopic (exact) mass is 441 g/mol. The van der Waals surface area contributed by atoms with Gasteiger partial charge in [0, 0.05) is 17.5 Å². The van der Waals surface area contributed by atoms with Gasteiger partial charge in [-0.15, -0.1) is 0 Å². The first-order valence-electron chi connectivity index (χ1n) is 9.97.